The van der Waals surface area contributed by atoms with Crippen LogP contribution in [0.2, 0.25) is 0 Å². The van der Waals surface area contributed by atoms with Crippen molar-refractivity contribution in [2.45, 2.75) is 19.9 Å². The van der Waals surface area contributed by atoms with Gasteiger partial charge in [0.05, 0.1) is 23.5 Å². The molecule has 0 bridgehead atoms. The summed E-state index contributed by atoms with van der Waals surface area (Å²) in [5.74, 6) is -1.11. The van der Waals surface area contributed by atoms with Crippen molar-refractivity contribution in [3.8, 4) is 0 Å². The third-order valence-electron chi connectivity index (χ3n) is 2.71. The highest BCUT2D eigenvalue weighted by Crippen LogP contribution is 2.20. The highest BCUT2D eigenvalue weighted by molar-refractivity contribution is 5.76. The van der Waals surface area contributed by atoms with Gasteiger partial charge in [0.1, 0.15) is 0 Å². The Bertz CT molecular complexity index is 714. The zero-order chi connectivity index (χ0) is 14.7. The Hall–Kier alpha value is -2.64. The molecular formula is C12H12N2O6. The summed E-state index contributed by atoms with van der Waals surface area (Å²) in [6.07, 6.45) is -0.00886. The lowest BCUT2D eigenvalue weighted by atomic mass is 10.3. The average molecular weight is 280 g/mol. The van der Waals surface area contributed by atoms with Gasteiger partial charge >= 0.3 is 11.7 Å². The van der Waals surface area contributed by atoms with E-state index in [-0.39, 0.29) is 36.4 Å². The van der Waals surface area contributed by atoms with E-state index in [2.05, 4.69) is 0 Å². The van der Waals surface area contributed by atoms with Crippen LogP contribution in [0.4, 0.5) is 5.69 Å². The highest BCUT2D eigenvalue weighted by atomic mass is 16.6. The van der Waals surface area contributed by atoms with E-state index in [9.17, 15) is 19.7 Å². The van der Waals surface area contributed by atoms with Crippen molar-refractivity contribution in [3.05, 3.63) is 38.9 Å². The number of carbonyl (C=O) groups is 1. The number of non-ortho nitro benzene ring substituents is 1. The van der Waals surface area contributed by atoms with Gasteiger partial charge in [0.15, 0.2) is 5.58 Å². The molecule has 2 aromatic rings. The maximum Gasteiger partial charge on any atom is 0.419 e. The zero-order valence-electron chi connectivity index (χ0n) is 10.7. The van der Waals surface area contributed by atoms with E-state index in [1.807, 2.05) is 0 Å². The van der Waals surface area contributed by atoms with E-state index in [1.54, 1.807) is 6.92 Å². The summed E-state index contributed by atoms with van der Waals surface area (Å²) in [5.41, 5.74) is 0.376. The molecule has 0 amide bonds. The molecule has 0 radical (unpaired) electrons. The number of rotatable bonds is 5. The summed E-state index contributed by atoms with van der Waals surface area (Å²) in [6, 6.07) is 3.85. The first-order chi connectivity index (χ1) is 9.52. The number of hydrogen-bond acceptors (Lipinski definition) is 6. The van der Waals surface area contributed by atoms with Crippen molar-refractivity contribution in [1.82, 2.24) is 4.57 Å². The van der Waals surface area contributed by atoms with Crippen LogP contribution < -0.4 is 5.76 Å². The Labute approximate surface area is 112 Å². The van der Waals surface area contributed by atoms with E-state index < -0.39 is 16.6 Å². The number of oxazole rings is 1. The molecule has 0 atom stereocenters. The topological polar surface area (TPSA) is 105 Å². The fourth-order valence-electron chi connectivity index (χ4n) is 1.81. The minimum atomic E-state index is -0.662. The molecule has 0 saturated heterocycles. The summed E-state index contributed by atoms with van der Waals surface area (Å²) in [5, 5.41) is 10.7. The summed E-state index contributed by atoms with van der Waals surface area (Å²) in [7, 11) is 0. The van der Waals surface area contributed by atoms with E-state index >= 15 is 0 Å². The lowest BCUT2D eigenvalue weighted by molar-refractivity contribution is -0.384. The van der Waals surface area contributed by atoms with Gasteiger partial charge in [-0.2, -0.15) is 0 Å². The van der Waals surface area contributed by atoms with Crippen molar-refractivity contribution in [3.63, 3.8) is 0 Å². The lowest BCUT2D eigenvalue weighted by Crippen LogP contribution is -2.17. The van der Waals surface area contributed by atoms with Gasteiger partial charge in [0.2, 0.25) is 0 Å². The maximum atomic E-state index is 11.7. The number of nitrogens with zero attached hydrogens (tertiary/aromatic N) is 2. The van der Waals surface area contributed by atoms with Gasteiger partial charge in [0, 0.05) is 18.7 Å². The summed E-state index contributed by atoms with van der Waals surface area (Å²) in [4.78, 5) is 33.1. The minimum Gasteiger partial charge on any atom is -0.466 e. The quantitative estimate of drug-likeness (QED) is 0.466. The van der Waals surface area contributed by atoms with Crippen LogP contribution in [-0.4, -0.2) is 22.1 Å². The van der Waals surface area contributed by atoms with Gasteiger partial charge in [-0.1, -0.05) is 0 Å². The number of fused-ring (bicyclic) bond motifs is 1. The van der Waals surface area contributed by atoms with Crippen LogP contribution in [0.15, 0.2) is 27.4 Å². The molecule has 8 nitrogen and oxygen atoms in total. The highest BCUT2D eigenvalue weighted by Gasteiger charge is 2.15. The molecule has 1 heterocycles. The Morgan fingerprint density at radius 2 is 2.25 bits per heavy atom. The fourth-order valence-corrected chi connectivity index (χ4v) is 1.81. The van der Waals surface area contributed by atoms with Crippen LogP contribution in [0.3, 0.4) is 0 Å². The first-order valence-corrected chi connectivity index (χ1v) is 5.96. The lowest BCUT2D eigenvalue weighted by Gasteiger charge is -2.02. The predicted octanol–water partition coefficient (Wildman–Crippen LogP) is 1.46. The third kappa shape index (κ3) is 2.68. The Balaban J connectivity index is 2.34. The number of hydrogen-bond donors (Lipinski definition) is 0. The second-order valence-electron chi connectivity index (χ2n) is 3.98. The molecule has 0 aliphatic carbocycles. The number of aryl methyl sites for hydroxylation is 1. The van der Waals surface area contributed by atoms with Crippen molar-refractivity contribution in [1.29, 1.82) is 0 Å². The largest absolute Gasteiger partial charge is 0.466 e. The number of carbonyl (C=O) groups excluding carboxylic acids is 1. The van der Waals surface area contributed by atoms with Gasteiger partial charge in [-0.25, -0.2) is 4.79 Å². The number of nitro groups is 1. The molecule has 0 aliphatic rings. The molecule has 106 valence electrons. The Morgan fingerprint density at radius 3 is 2.90 bits per heavy atom. The van der Waals surface area contributed by atoms with Crippen LogP contribution >= 0.6 is 0 Å². The SMILES string of the molecule is CCOC(=O)CCn1c(=O)oc2ccc([N+](=O)[O-])cc21. The van der Waals surface area contributed by atoms with Crippen molar-refractivity contribution in [2.24, 2.45) is 0 Å². The number of benzene rings is 1. The van der Waals surface area contributed by atoms with Crippen LogP contribution in [0, 0.1) is 10.1 Å². The van der Waals surface area contributed by atoms with Gasteiger partial charge in [-0.05, 0) is 13.0 Å². The van der Waals surface area contributed by atoms with Crippen LogP contribution in [0.25, 0.3) is 11.1 Å². The number of aromatic nitrogens is 1. The van der Waals surface area contributed by atoms with Crippen LogP contribution in [0.1, 0.15) is 13.3 Å². The van der Waals surface area contributed by atoms with Gasteiger partial charge in [0.25, 0.3) is 5.69 Å². The monoisotopic (exact) mass is 280 g/mol. The molecule has 1 aromatic carbocycles. The smallest absolute Gasteiger partial charge is 0.419 e. The fraction of sp³-hybridized carbons (Fsp3) is 0.333. The van der Waals surface area contributed by atoms with Crippen LogP contribution in [0.5, 0.6) is 0 Å². The molecule has 8 heteroatoms. The molecule has 1 aromatic heterocycles. The van der Waals surface area contributed by atoms with Crippen molar-refractivity contribution in [2.75, 3.05) is 6.61 Å². The second-order valence-corrected chi connectivity index (χ2v) is 3.98. The standard InChI is InChI=1S/C12H12N2O6/c1-2-19-11(15)5-6-13-9-7-8(14(17)18)3-4-10(9)20-12(13)16/h3-4,7H,2,5-6H2,1H3. The first kappa shape index (κ1) is 13.8. The molecule has 0 fully saturated rings. The van der Waals surface area contributed by atoms with Crippen molar-refractivity contribution >= 4 is 22.8 Å². The molecule has 0 N–H and O–H groups in total. The van der Waals surface area contributed by atoms with Crippen LogP contribution in [-0.2, 0) is 16.1 Å². The van der Waals surface area contributed by atoms with Gasteiger partial charge in [-0.15, -0.1) is 0 Å². The number of nitro benzene ring substituents is 1. The predicted molar refractivity (Wildman–Crippen MR) is 68.4 cm³/mol. The summed E-state index contributed by atoms with van der Waals surface area (Å²) in [6.45, 7) is 1.98. The molecule has 0 aliphatic heterocycles. The molecule has 2 rings (SSSR count). The molecule has 0 saturated carbocycles. The average Bonchev–Trinajstić information content (AvgIpc) is 2.71. The van der Waals surface area contributed by atoms with E-state index in [1.165, 1.54) is 22.8 Å². The number of esters is 1. The molecule has 20 heavy (non-hydrogen) atoms. The Kier molecular flexibility index (Phi) is 3.83. The maximum absolute atomic E-state index is 11.7. The number of ether oxygens (including phenoxy) is 1. The zero-order valence-corrected chi connectivity index (χ0v) is 10.7. The molecule has 0 unspecified atom stereocenters. The minimum absolute atomic E-state index is 0.00886. The summed E-state index contributed by atoms with van der Waals surface area (Å²) < 4.78 is 10.9. The molecular weight excluding hydrogens is 268 g/mol. The van der Waals surface area contributed by atoms with E-state index in [0.717, 1.165) is 0 Å². The third-order valence-corrected chi connectivity index (χ3v) is 2.71. The van der Waals surface area contributed by atoms with E-state index in [4.69, 9.17) is 9.15 Å². The van der Waals surface area contributed by atoms with Gasteiger partial charge < -0.3 is 9.15 Å². The van der Waals surface area contributed by atoms with Crippen molar-refractivity contribution < 1.29 is 18.9 Å². The van der Waals surface area contributed by atoms with E-state index in [0.29, 0.717) is 0 Å². The first-order valence-electron chi connectivity index (χ1n) is 5.96. The summed E-state index contributed by atoms with van der Waals surface area (Å²) >= 11 is 0. The second kappa shape index (κ2) is 5.55. The van der Waals surface area contributed by atoms with Gasteiger partial charge in [-0.3, -0.25) is 19.5 Å². The molecule has 0 spiro atoms. The normalized spacial score (nSPS) is 10.7. The Morgan fingerprint density at radius 1 is 1.50 bits per heavy atom.